The topological polar surface area (TPSA) is 175 Å². The van der Waals surface area contributed by atoms with Crippen molar-refractivity contribution in [3.8, 4) is 0 Å². The maximum atomic E-state index is 12.6. The number of unbranched alkanes of at least 4 members (excludes halogenated alkanes) is 15. The molecular weight excluding hydrogens is 697 g/mol. The van der Waals surface area contributed by atoms with E-state index in [0.717, 1.165) is 25.7 Å². The molecule has 0 rings (SSSR count). The van der Waals surface area contributed by atoms with E-state index < -0.39 is 44.7 Å². The molecule has 0 fully saturated rings. The molecule has 0 saturated heterocycles. The number of carbonyl (C=O) groups is 2. The average molecular weight is 772 g/mol. The maximum Gasteiger partial charge on any atom is 0.472 e. The first kappa shape index (κ1) is 50.9. The molecule has 0 radical (unpaired) electrons. The molecular formula is C41H74NO10P. The zero-order valence-electron chi connectivity index (χ0n) is 33.0. The number of phosphoric ester groups is 1. The molecule has 1 unspecified atom stereocenters. The monoisotopic (exact) mass is 772 g/mol. The van der Waals surface area contributed by atoms with Crippen LogP contribution >= 0.6 is 7.82 Å². The van der Waals surface area contributed by atoms with Crippen LogP contribution in [0.4, 0.5) is 0 Å². The molecule has 0 aromatic heterocycles. The summed E-state index contributed by atoms with van der Waals surface area (Å²) in [5, 5.41) is 20.3. The summed E-state index contributed by atoms with van der Waals surface area (Å²) >= 11 is 0. The number of rotatable bonds is 37. The van der Waals surface area contributed by atoms with E-state index in [1.54, 1.807) is 36.5 Å². The van der Waals surface area contributed by atoms with E-state index in [1.165, 1.54) is 77.0 Å². The third-order valence-corrected chi connectivity index (χ3v) is 9.39. The lowest BCUT2D eigenvalue weighted by atomic mass is 10.0. The van der Waals surface area contributed by atoms with Crippen molar-refractivity contribution >= 4 is 19.8 Å². The van der Waals surface area contributed by atoms with E-state index in [-0.39, 0.29) is 32.6 Å². The van der Waals surface area contributed by atoms with Gasteiger partial charge in [-0.2, -0.15) is 0 Å². The molecule has 5 N–H and O–H groups in total. The molecule has 308 valence electrons. The molecule has 0 aliphatic heterocycles. The van der Waals surface area contributed by atoms with Crippen LogP contribution in [0.25, 0.3) is 0 Å². The molecule has 53 heavy (non-hydrogen) atoms. The highest BCUT2D eigenvalue weighted by Crippen LogP contribution is 2.43. The lowest BCUT2D eigenvalue weighted by molar-refractivity contribution is -0.161. The molecule has 0 aromatic rings. The molecule has 0 bridgehead atoms. The van der Waals surface area contributed by atoms with Gasteiger partial charge in [0.15, 0.2) is 6.10 Å². The quantitative estimate of drug-likeness (QED) is 0.0156. The Kier molecular flexibility index (Phi) is 35.4. The van der Waals surface area contributed by atoms with Crippen LogP contribution in [-0.2, 0) is 32.7 Å². The molecule has 0 heterocycles. The van der Waals surface area contributed by atoms with Crippen molar-refractivity contribution in [2.24, 2.45) is 5.73 Å². The van der Waals surface area contributed by atoms with Crippen LogP contribution in [0.2, 0.25) is 0 Å². The Hall–Kier alpha value is -2.11. The van der Waals surface area contributed by atoms with Gasteiger partial charge in [-0.15, -0.1) is 0 Å². The Morgan fingerprint density at radius 1 is 0.660 bits per heavy atom. The number of aliphatic hydroxyl groups excluding tert-OH is 2. The number of hydrogen-bond acceptors (Lipinski definition) is 10. The summed E-state index contributed by atoms with van der Waals surface area (Å²) in [4.78, 5) is 34.8. The van der Waals surface area contributed by atoms with Crippen molar-refractivity contribution in [3.63, 3.8) is 0 Å². The number of allylic oxidation sites excluding steroid dienone is 5. The molecule has 0 aromatic carbocycles. The van der Waals surface area contributed by atoms with Crippen molar-refractivity contribution in [1.29, 1.82) is 0 Å². The second-order valence-corrected chi connectivity index (χ2v) is 15.0. The summed E-state index contributed by atoms with van der Waals surface area (Å²) in [5.41, 5.74) is 5.32. The SMILES string of the molecule is CCCCC/C=C\C[C@H](O)/C=C/C=C/C=C\[C@H](O)CCCC(=O)O[C@H](COC(=O)CCCCCCCCCCCCCCC)COP(=O)(O)OCCN. The number of hydrogen-bond donors (Lipinski definition) is 4. The van der Waals surface area contributed by atoms with Gasteiger partial charge < -0.3 is 30.3 Å². The summed E-state index contributed by atoms with van der Waals surface area (Å²) in [7, 11) is -4.44. The molecule has 0 amide bonds. The van der Waals surface area contributed by atoms with Crippen molar-refractivity contribution in [3.05, 3.63) is 48.6 Å². The van der Waals surface area contributed by atoms with Gasteiger partial charge in [-0.25, -0.2) is 4.57 Å². The Bertz CT molecular complexity index is 1050. The van der Waals surface area contributed by atoms with Crippen LogP contribution in [0.15, 0.2) is 48.6 Å². The van der Waals surface area contributed by atoms with Gasteiger partial charge in [-0.1, -0.05) is 152 Å². The minimum absolute atomic E-state index is 0.0129. The minimum atomic E-state index is -4.44. The number of esters is 2. The van der Waals surface area contributed by atoms with Crippen molar-refractivity contribution in [2.45, 2.75) is 173 Å². The van der Waals surface area contributed by atoms with Crippen LogP contribution in [0.1, 0.15) is 155 Å². The number of nitrogens with two attached hydrogens (primary N) is 1. The Balaban J connectivity index is 4.48. The summed E-state index contributed by atoms with van der Waals surface area (Å²) in [6.07, 6.45) is 33.4. The van der Waals surface area contributed by atoms with Gasteiger partial charge in [0, 0.05) is 19.4 Å². The van der Waals surface area contributed by atoms with Crippen LogP contribution in [0, 0.1) is 0 Å². The van der Waals surface area contributed by atoms with Gasteiger partial charge in [0.1, 0.15) is 6.61 Å². The second-order valence-electron chi connectivity index (χ2n) is 13.6. The molecule has 0 saturated carbocycles. The van der Waals surface area contributed by atoms with Crippen molar-refractivity contribution in [2.75, 3.05) is 26.4 Å². The van der Waals surface area contributed by atoms with E-state index in [1.807, 2.05) is 6.08 Å². The Morgan fingerprint density at radius 2 is 1.21 bits per heavy atom. The predicted octanol–water partition coefficient (Wildman–Crippen LogP) is 9.10. The molecule has 4 atom stereocenters. The first-order chi connectivity index (χ1) is 25.6. The van der Waals surface area contributed by atoms with Crippen molar-refractivity contribution < 1.29 is 47.8 Å². The van der Waals surface area contributed by atoms with Gasteiger partial charge in [0.2, 0.25) is 0 Å². The minimum Gasteiger partial charge on any atom is -0.462 e. The average Bonchev–Trinajstić information content (AvgIpc) is 3.13. The highest BCUT2D eigenvalue weighted by molar-refractivity contribution is 7.47. The van der Waals surface area contributed by atoms with E-state index in [2.05, 4.69) is 19.9 Å². The highest BCUT2D eigenvalue weighted by Gasteiger charge is 2.26. The largest absolute Gasteiger partial charge is 0.472 e. The second kappa shape index (κ2) is 36.8. The van der Waals surface area contributed by atoms with Crippen LogP contribution < -0.4 is 5.73 Å². The number of carbonyl (C=O) groups excluding carboxylic acids is 2. The summed E-state index contributed by atoms with van der Waals surface area (Å²) < 4.78 is 32.5. The van der Waals surface area contributed by atoms with E-state index in [9.17, 15) is 29.3 Å². The highest BCUT2D eigenvalue weighted by atomic mass is 31.2. The molecule has 11 nitrogen and oxygen atoms in total. The smallest absolute Gasteiger partial charge is 0.462 e. The molecule has 0 aliphatic carbocycles. The Labute approximate surface area is 321 Å². The lowest BCUT2D eigenvalue weighted by Gasteiger charge is -2.20. The number of aliphatic hydroxyl groups is 2. The standard InChI is InChI=1S/C41H74NO10P/c1-3-5-7-9-11-12-13-14-15-16-17-19-25-31-40(45)49-35-39(36-51-53(47,48)50-34-33-42)52-41(46)32-26-30-38(44)29-24-21-20-23-28-37(43)27-22-18-10-8-6-4-2/h18,20-24,28-29,37-39,43-44H,3-17,19,25-27,30-36,42H2,1-2H3,(H,47,48)/b21-20+,22-18-,28-23+,29-24-/t37-,38-,39+/m0/s1. The molecule has 0 spiro atoms. The third-order valence-electron chi connectivity index (χ3n) is 8.41. The van der Waals surface area contributed by atoms with E-state index >= 15 is 0 Å². The van der Waals surface area contributed by atoms with Gasteiger partial charge in [-0.05, 0) is 38.5 Å². The number of ether oxygens (including phenoxy) is 2. The van der Waals surface area contributed by atoms with Gasteiger partial charge in [-0.3, -0.25) is 18.6 Å². The van der Waals surface area contributed by atoms with Crippen LogP contribution in [-0.4, -0.2) is 71.7 Å². The normalized spacial score (nSPS) is 15.1. The summed E-state index contributed by atoms with van der Waals surface area (Å²) in [5.74, 6) is -1.07. The van der Waals surface area contributed by atoms with Crippen LogP contribution in [0.5, 0.6) is 0 Å². The fourth-order valence-electron chi connectivity index (χ4n) is 5.30. The van der Waals surface area contributed by atoms with Gasteiger partial charge >= 0.3 is 19.8 Å². The molecule has 0 aliphatic rings. The summed E-state index contributed by atoms with van der Waals surface area (Å²) in [6, 6.07) is 0. The summed E-state index contributed by atoms with van der Waals surface area (Å²) in [6.45, 7) is 3.37. The Morgan fingerprint density at radius 3 is 1.81 bits per heavy atom. The fourth-order valence-corrected chi connectivity index (χ4v) is 6.06. The maximum absolute atomic E-state index is 12.6. The van der Waals surface area contributed by atoms with Gasteiger partial charge in [0.25, 0.3) is 0 Å². The third kappa shape index (κ3) is 36.6. The van der Waals surface area contributed by atoms with Crippen molar-refractivity contribution in [1.82, 2.24) is 0 Å². The number of phosphoric acid groups is 1. The first-order valence-electron chi connectivity index (χ1n) is 20.3. The lowest BCUT2D eigenvalue weighted by Crippen LogP contribution is -2.29. The van der Waals surface area contributed by atoms with Gasteiger partial charge in [0.05, 0.1) is 25.4 Å². The van der Waals surface area contributed by atoms with E-state index in [0.29, 0.717) is 25.7 Å². The first-order valence-corrected chi connectivity index (χ1v) is 21.8. The van der Waals surface area contributed by atoms with Crippen LogP contribution in [0.3, 0.4) is 0 Å². The predicted molar refractivity (Wildman–Crippen MR) is 213 cm³/mol. The molecule has 12 heteroatoms. The fraction of sp³-hybridized carbons (Fsp3) is 0.756. The zero-order chi connectivity index (χ0) is 39.3. The zero-order valence-corrected chi connectivity index (χ0v) is 33.9. The van der Waals surface area contributed by atoms with E-state index in [4.69, 9.17) is 24.3 Å².